The fourth-order valence-electron chi connectivity index (χ4n) is 2.88. The maximum Gasteiger partial charge on any atom is 0.261 e. The molecular weight excluding hydrogens is 330 g/mol. The van der Waals surface area contributed by atoms with E-state index in [1.807, 2.05) is 24.3 Å². The van der Waals surface area contributed by atoms with Gasteiger partial charge in [0.15, 0.2) is 0 Å². The van der Waals surface area contributed by atoms with Crippen LogP contribution in [0, 0.1) is 5.92 Å². The Morgan fingerprint density at radius 1 is 1.08 bits per heavy atom. The zero-order chi connectivity index (χ0) is 18.4. The van der Waals surface area contributed by atoms with Crippen LogP contribution in [0.2, 0.25) is 18.1 Å². The summed E-state index contributed by atoms with van der Waals surface area (Å²) < 4.78 is 6.35. The number of imide groups is 1. The van der Waals surface area contributed by atoms with Crippen LogP contribution in [0.15, 0.2) is 53.8 Å². The molecule has 3 rings (SSSR count). The Hall–Kier alpha value is -2.14. The largest absolute Gasteiger partial charge is 0.546 e. The van der Waals surface area contributed by atoms with Gasteiger partial charge in [-0.2, -0.15) is 0 Å². The lowest BCUT2D eigenvalue weighted by atomic mass is 9.93. The van der Waals surface area contributed by atoms with E-state index in [1.54, 1.807) is 18.2 Å². The first-order valence-electron chi connectivity index (χ1n) is 8.65. The monoisotopic (exact) mass is 355 g/mol. The normalized spacial score (nSPS) is 21.0. The summed E-state index contributed by atoms with van der Waals surface area (Å²) in [5, 5.41) is 0.0867. The number of anilines is 1. The van der Waals surface area contributed by atoms with Gasteiger partial charge in [-0.25, -0.2) is 4.90 Å². The van der Waals surface area contributed by atoms with Gasteiger partial charge in [-0.1, -0.05) is 39.0 Å². The van der Waals surface area contributed by atoms with E-state index in [0.717, 1.165) is 5.76 Å². The van der Waals surface area contributed by atoms with Gasteiger partial charge in [-0.3, -0.25) is 9.59 Å². The zero-order valence-electron chi connectivity index (χ0n) is 15.5. The minimum atomic E-state index is -1.96. The fourth-order valence-corrected chi connectivity index (χ4v) is 3.99. The number of hydrogen-bond donors (Lipinski definition) is 0. The molecule has 5 heteroatoms. The number of benzene rings is 1. The van der Waals surface area contributed by atoms with Crippen molar-refractivity contribution in [2.24, 2.45) is 5.92 Å². The van der Waals surface area contributed by atoms with E-state index >= 15 is 0 Å². The van der Waals surface area contributed by atoms with Gasteiger partial charge in [-0.15, -0.1) is 0 Å². The first kappa shape index (κ1) is 17.7. The molecule has 1 fully saturated rings. The highest BCUT2D eigenvalue weighted by Crippen LogP contribution is 2.42. The van der Waals surface area contributed by atoms with Crippen LogP contribution in [0.5, 0.6) is 0 Å². The van der Waals surface area contributed by atoms with E-state index in [2.05, 4.69) is 33.9 Å². The van der Waals surface area contributed by atoms with Gasteiger partial charge in [0.1, 0.15) is 0 Å². The number of fused-ring (bicyclic) bond motifs is 1. The summed E-state index contributed by atoms with van der Waals surface area (Å²) in [4.78, 5) is 26.8. The summed E-state index contributed by atoms with van der Waals surface area (Å²) >= 11 is 0. The molecule has 0 radical (unpaired) electrons. The second-order valence-corrected chi connectivity index (χ2v) is 12.9. The molecule has 0 bridgehead atoms. The minimum absolute atomic E-state index is 0.0867. The Balaban J connectivity index is 1.84. The Bertz CT molecular complexity index is 772. The van der Waals surface area contributed by atoms with Crippen LogP contribution in [-0.2, 0) is 14.0 Å². The molecule has 0 N–H and O–H groups in total. The standard InChI is InChI=1S/C20H25NO3Si/c1-20(2,3)25(4,5)24-15-11-12-16-17(13-15)19(23)21(18(16)22)14-9-7-6-8-10-14/h6-12,17H,13H2,1-5H3. The van der Waals surface area contributed by atoms with E-state index < -0.39 is 14.2 Å². The lowest BCUT2D eigenvalue weighted by Gasteiger charge is -2.38. The predicted molar refractivity (Wildman–Crippen MR) is 101 cm³/mol. The SMILES string of the molecule is CC(C)(C)[Si](C)(C)OC1=CC=C2C(=O)N(c3ccccc3)C(=O)C2C1. The number of amides is 2. The maximum atomic E-state index is 12.9. The van der Waals surface area contributed by atoms with E-state index in [1.165, 1.54) is 4.90 Å². The molecule has 2 amide bonds. The summed E-state index contributed by atoms with van der Waals surface area (Å²) in [5.74, 6) is 0.00425. The third-order valence-electron chi connectivity index (χ3n) is 5.40. The van der Waals surface area contributed by atoms with Crippen molar-refractivity contribution in [1.82, 2.24) is 0 Å². The molecule has 1 aromatic carbocycles. The van der Waals surface area contributed by atoms with Crippen molar-refractivity contribution in [3.8, 4) is 0 Å². The highest BCUT2D eigenvalue weighted by atomic mass is 28.4. The zero-order valence-corrected chi connectivity index (χ0v) is 16.5. The van der Waals surface area contributed by atoms with Crippen LogP contribution in [0.3, 0.4) is 0 Å². The van der Waals surface area contributed by atoms with Gasteiger partial charge in [-0.05, 0) is 42.4 Å². The number of carbonyl (C=O) groups is 2. The van der Waals surface area contributed by atoms with E-state index in [-0.39, 0.29) is 16.9 Å². The molecule has 25 heavy (non-hydrogen) atoms. The van der Waals surface area contributed by atoms with E-state index in [4.69, 9.17) is 4.43 Å². The van der Waals surface area contributed by atoms with Crippen molar-refractivity contribution in [1.29, 1.82) is 0 Å². The third-order valence-corrected chi connectivity index (χ3v) is 9.79. The number of rotatable bonds is 3. The first-order valence-corrected chi connectivity index (χ1v) is 11.6. The van der Waals surface area contributed by atoms with Gasteiger partial charge >= 0.3 is 0 Å². The topological polar surface area (TPSA) is 46.6 Å². The quantitative estimate of drug-likeness (QED) is 0.596. The molecule has 1 unspecified atom stereocenters. The Morgan fingerprint density at radius 2 is 1.72 bits per heavy atom. The van der Waals surface area contributed by atoms with E-state index in [9.17, 15) is 9.59 Å². The third kappa shape index (κ3) is 3.08. The van der Waals surface area contributed by atoms with Gasteiger partial charge in [0.2, 0.25) is 14.2 Å². The van der Waals surface area contributed by atoms with Crippen molar-refractivity contribution >= 4 is 25.8 Å². The second kappa shape index (κ2) is 5.99. The lowest BCUT2D eigenvalue weighted by Crippen LogP contribution is -2.41. The van der Waals surface area contributed by atoms with Crippen molar-refractivity contribution < 1.29 is 14.0 Å². The van der Waals surface area contributed by atoms with Gasteiger partial charge in [0.25, 0.3) is 5.91 Å². The van der Waals surface area contributed by atoms with Crippen LogP contribution < -0.4 is 4.90 Å². The van der Waals surface area contributed by atoms with Crippen LogP contribution in [0.4, 0.5) is 5.69 Å². The molecule has 1 aliphatic carbocycles. The summed E-state index contributed by atoms with van der Waals surface area (Å²) in [6.07, 6.45) is 4.10. The lowest BCUT2D eigenvalue weighted by molar-refractivity contribution is -0.122. The van der Waals surface area contributed by atoms with Gasteiger partial charge in [0.05, 0.1) is 17.4 Å². The number of carbonyl (C=O) groups excluding carboxylic acids is 2. The maximum absolute atomic E-state index is 12.9. The molecule has 0 aromatic heterocycles. The predicted octanol–water partition coefficient (Wildman–Crippen LogP) is 4.41. The Labute approximate surface area is 150 Å². The average molecular weight is 356 g/mol. The number of para-hydroxylation sites is 1. The summed E-state index contributed by atoms with van der Waals surface area (Å²) in [6.45, 7) is 10.9. The molecule has 0 spiro atoms. The molecule has 1 heterocycles. The molecule has 1 saturated heterocycles. The summed E-state index contributed by atoms with van der Waals surface area (Å²) in [7, 11) is -1.96. The van der Waals surface area contributed by atoms with E-state index in [0.29, 0.717) is 17.7 Å². The fraction of sp³-hybridized carbons (Fsp3) is 0.400. The minimum Gasteiger partial charge on any atom is -0.546 e. The second-order valence-electron chi connectivity index (χ2n) is 8.19. The molecule has 2 aliphatic rings. The molecular formula is C20H25NO3Si. The van der Waals surface area contributed by atoms with Crippen LogP contribution in [0.25, 0.3) is 0 Å². The number of allylic oxidation sites excluding steroid dienone is 3. The van der Waals surface area contributed by atoms with Crippen LogP contribution >= 0.6 is 0 Å². The summed E-state index contributed by atoms with van der Waals surface area (Å²) in [5.41, 5.74) is 1.19. The van der Waals surface area contributed by atoms with Gasteiger partial charge in [0, 0.05) is 12.0 Å². The highest BCUT2D eigenvalue weighted by molar-refractivity contribution is 6.74. The summed E-state index contributed by atoms with van der Waals surface area (Å²) in [6, 6.07) is 9.10. The molecule has 0 saturated carbocycles. The van der Waals surface area contributed by atoms with Crippen molar-refractivity contribution in [2.75, 3.05) is 4.90 Å². The smallest absolute Gasteiger partial charge is 0.261 e. The number of hydrogen-bond acceptors (Lipinski definition) is 3. The van der Waals surface area contributed by atoms with Crippen LogP contribution in [-0.4, -0.2) is 20.1 Å². The Kier molecular flexibility index (Phi) is 4.23. The highest BCUT2D eigenvalue weighted by Gasteiger charge is 2.46. The molecule has 4 nitrogen and oxygen atoms in total. The van der Waals surface area contributed by atoms with Crippen molar-refractivity contribution in [3.05, 3.63) is 53.8 Å². The average Bonchev–Trinajstić information content (AvgIpc) is 2.78. The molecule has 1 aromatic rings. The first-order chi connectivity index (χ1) is 11.6. The van der Waals surface area contributed by atoms with Crippen LogP contribution in [0.1, 0.15) is 27.2 Å². The molecule has 132 valence electrons. The molecule has 1 aliphatic heterocycles. The Morgan fingerprint density at radius 3 is 2.32 bits per heavy atom. The molecule has 1 atom stereocenters. The van der Waals surface area contributed by atoms with Gasteiger partial charge < -0.3 is 4.43 Å². The van der Waals surface area contributed by atoms with Crippen molar-refractivity contribution in [3.63, 3.8) is 0 Å². The van der Waals surface area contributed by atoms with Crippen molar-refractivity contribution in [2.45, 2.75) is 45.3 Å². The number of nitrogens with zero attached hydrogens (tertiary/aromatic N) is 1.